The maximum Gasteiger partial charge on any atom is 0.226 e. The van der Waals surface area contributed by atoms with Crippen LogP contribution in [0.1, 0.15) is 50.0 Å². The van der Waals surface area contributed by atoms with Crippen LogP contribution in [-0.2, 0) is 4.79 Å². The molecule has 1 aromatic carbocycles. The third kappa shape index (κ3) is 2.94. The van der Waals surface area contributed by atoms with Gasteiger partial charge < -0.3 is 14.7 Å². The fraction of sp³-hybridized carbons (Fsp3) is 0.696. The molecule has 1 aromatic rings. The second kappa shape index (κ2) is 7.34. The minimum atomic E-state index is -0.214. The van der Waals surface area contributed by atoms with E-state index in [1.165, 1.54) is 18.4 Å². The van der Waals surface area contributed by atoms with Crippen LogP contribution in [0.2, 0.25) is 0 Å². The first kappa shape index (κ1) is 18.4. The number of nitrogens with zero attached hydrogens (tertiary/aromatic N) is 2. The smallest absolute Gasteiger partial charge is 0.226 e. The molecule has 1 N–H and O–H groups in total. The number of benzene rings is 1. The van der Waals surface area contributed by atoms with Gasteiger partial charge in [-0.2, -0.15) is 0 Å². The molecule has 1 saturated carbocycles. The van der Waals surface area contributed by atoms with Crippen LogP contribution in [0.5, 0.6) is 5.75 Å². The Morgan fingerprint density at radius 1 is 1.04 bits per heavy atom. The summed E-state index contributed by atoms with van der Waals surface area (Å²) < 4.78 is 5.69. The van der Waals surface area contributed by atoms with E-state index in [0.717, 1.165) is 51.1 Å². The van der Waals surface area contributed by atoms with Crippen LogP contribution in [0.4, 0.5) is 0 Å². The molecule has 5 heteroatoms. The highest BCUT2D eigenvalue weighted by Gasteiger charge is 2.55. The molecule has 3 atom stereocenters. The highest BCUT2D eigenvalue weighted by Crippen LogP contribution is 2.48. The van der Waals surface area contributed by atoms with Crippen molar-refractivity contribution >= 4 is 5.91 Å². The Kier molecular flexibility index (Phi) is 4.84. The number of carbonyl (C=O) groups is 1. The van der Waals surface area contributed by atoms with Gasteiger partial charge in [0.05, 0.1) is 19.3 Å². The van der Waals surface area contributed by atoms with Crippen molar-refractivity contribution < 1.29 is 14.6 Å². The van der Waals surface area contributed by atoms with Crippen LogP contribution in [0.15, 0.2) is 24.3 Å². The molecule has 5 aliphatic rings. The summed E-state index contributed by atoms with van der Waals surface area (Å²) in [5.41, 5.74) is 1.25. The van der Waals surface area contributed by atoms with Gasteiger partial charge in [0.1, 0.15) is 5.75 Å². The molecule has 0 unspecified atom stereocenters. The second-order valence-electron chi connectivity index (χ2n) is 9.20. The average Bonchev–Trinajstić information content (AvgIpc) is 3.17. The molecule has 5 nitrogen and oxygen atoms in total. The molecule has 4 saturated heterocycles. The number of hydrogen-bond donors (Lipinski definition) is 1. The highest BCUT2D eigenvalue weighted by molar-refractivity contribution is 5.80. The van der Waals surface area contributed by atoms with Gasteiger partial charge in [0.25, 0.3) is 0 Å². The van der Waals surface area contributed by atoms with E-state index in [-0.39, 0.29) is 12.0 Å². The van der Waals surface area contributed by atoms with Crippen molar-refractivity contribution in [2.24, 2.45) is 11.8 Å². The minimum absolute atomic E-state index is 0.0934. The van der Waals surface area contributed by atoms with Crippen LogP contribution < -0.4 is 4.74 Å². The standard InChI is InChI=1S/C23H32N2O3/c1-28-20-5-3-2-4-18(20)19-14-25(23(27)16-6-8-17(26)9-7-16)21-15-10-12-24(13-11-15)22(19)21/h2-5,15-17,19,21-22,26H,6-14H2,1H3/t16?,17?,19-,21+,22+/m0/s1. The average molecular weight is 385 g/mol. The lowest BCUT2D eigenvalue weighted by Crippen LogP contribution is -2.61. The number of carbonyl (C=O) groups excluding carboxylic acids is 1. The lowest BCUT2D eigenvalue weighted by atomic mass is 9.75. The molecule has 0 spiro atoms. The molecule has 0 radical (unpaired) electrons. The molecule has 4 heterocycles. The van der Waals surface area contributed by atoms with Crippen molar-refractivity contribution in [3.05, 3.63) is 29.8 Å². The number of rotatable bonds is 3. The lowest BCUT2D eigenvalue weighted by molar-refractivity contribution is -0.142. The van der Waals surface area contributed by atoms with Gasteiger partial charge in [-0.15, -0.1) is 0 Å². The van der Waals surface area contributed by atoms with Crippen molar-refractivity contribution in [2.75, 3.05) is 26.7 Å². The van der Waals surface area contributed by atoms with E-state index in [4.69, 9.17) is 4.74 Å². The van der Waals surface area contributed by atoms with Gasteiger partial charge in [-0.3, -0.25) is 9.69 Å². The molecule has 6 rings (SSSR count). The second-order valence-corrected chi connectivity index (χ2v) is 9.20. The third-order valence-electron chi connectivity index (χ3n) is 7.86. The zero-order chi connectivity index (χ0) is 19.3. The fourth-order valence-corrected chi connectivity index (χ4v) is 6.48. The summed E-state index contributed by atoms with van der Waals surface area (Å²) >= 11 is 0. The van der Waals surface area contributed by atoms with E-state index >= 15 is 0 Å². The number of fused-ring (bicyclic) bond motifs is 2. The first-order valence-electron chi connectivity index (χ1n) is 11.0. The van der Waals surface area contributed by atoms with Gasteiger partial charge in [0.2, 0.25) is 5.91 Å². The zero-order valence-corrected chi connectivity index (χ0v) is 16.8. The summed E-state index contributed by atoms with van der Waals surface area (Å²) in [4.78, 5) is 18.5. The molecule has 4 aliphatic heterocycles. The van der Waals surface area contributed by atoms with E-state index in [9.17, 15) is 9.90 Å². The van der Waals surface area contributed by atoms with Crippen molar-refractivity contribution in [1.29, 1.82) is 0 Å². The predicted octanol–water partition coefficient (Wildman–Crippen LogP) is 2.63. The van der Waals surface area contributed by atoms with E-state index in [0.29, 0.717) is 29.8 Å². The molecule has 0 aromatic heterocycles. The van der Waals surface area contributed by atoms with E-state index in [1.54, 1.807) is 7.11 Å². The number of likely N-dealkylation sites (tertiary alicyclic amines) is 1. The molecule has 152 valence electrons. The van der Waals surface area contributed by atoms with E-state index in [1.807, 2.05) is 12.1 Å². The van der Waals surface area contributed by atoms with Crippen LogP contribution in [-0.4, -0.2) is 65.7 Å². The zero-order valence-electron chi connectivity index (χ0n) is 16.8. The van der Waals surface area contributed by atoms with Gasteiger partial charge in [0, 0.05) is 30.0 Å². The number of para-hydroxylation sites is 1. The molecule has 28 heavy (non-hydrogen) atoms. The summed E-state index contributed by atoms with van der Waals surface area (Å²) in [6.45, 7) is 3.13. The number of methoxy groups -OCH3 is 1. The SMILES string of the molecule is COc1ccccc1[C@@H]1CN(C(=O)C2CCC(O)CC2)[C@@H]2C3CCN(CC3)[C@@H]21. The molecular weight excluding hydrogens is 352 g/mol. The summed E-state index contributed by atoms with van der Waals surface area (Å²) in [5.74, 6) is 2.34. The Balaban J connectivity index is 1.46. The Morgan fingerprint density at radius 2 is 1.75 bits per heavy atom. The normalized spacial score (nSPS) is 39.6. The monoisotopic (exact) mass is 384 g/mol. The first-order valence-corrected chi connectivity index (χ1v) is 11.0. The maximum absolute atomic E-state index is 13.6. The number of piperidine rings is 3. The van der Waals surface area contributed by atoms with Crippen LogP contribution in [0.25, 0.3) is 0 Å². The van der Waals surface area contributed by atoms with Gasteiger partial charge in [-0.1, -0.05) is 18.2 Å². The topological polar surface area (TPSA) is 53.0 Å². The third-order valence-corrected chi connectivity index (χ3v) is 7.86. The number of amides is 1. The predicted molar refractivity (Wildman–Crippen MR) is 107 cm³/mol. The van der Waals surface area contributed by atoms with Crippen LogP contribution >= 0.6 is 0 Å². The molecule has 2 bridgehead atoms. The Labute approximate surface area is 167 Å². The lowest BCUT2D eigenvalue weighted by Gasteiger charge is -2.51. The van der Waals surface area contributed by atoms with Gasteiger partial charge in [0.15, 0.2) is 0 Å². The quantitative estimate of drug-likeness (QED) is 0.871. The summed E-state index contributed by atoms with van der Waals surface area (Å²) in [7, 11) is 1.74. The van der Waals surface area contributed by atoms with Crippen LogP contribution in [0.3, 0.4) is 0 Å². The molecule has 5 fully saturated rings. The van der Waals surface area contributed by atoms with E-state index in [2.05, 4.69) is 21.9 Å². The van der Waals surface area contributed by atoms with Gasteiger partial charge in [-0.25, -0.2) is 0 Å². The summed E-state index contributed by atoms with van der Waals surface area (Å²) in [5, 5.41) is 9.85. The Bertz CT molecular complexity index is 722. The number of aliphatic hydroxyl groups excluding tert-OH is 1. The summed E-state index contributed by atoms with van der Waals surface area (Å²) in [6, 6.07) is 9.12. The maximum atomic E-state index is 13.6. The van der Waals surface area contributed by atoms with Crippen molar-refractivity contribution in [3.63, 3.8) is 0 Å². The van der Waals surface area contributed by atoms with Crippen molar-refractivity contribution in [1.82, 2.24) is 9.80 Å². The van der Waals surface area contributed by atoms with Gasteiger partial charge in [-0.05, 0) is 63.6 Å². The number of aliphatic hydroxyl groups is 1. The van der Waals surface area contributed by atoms with Crippen molar-refractivity contribution in [2.45, 2.75) is 62.6 Å². The molecule has 1 aliphatic carbocycles. The fourth-order valence-electron chi connectivity index (χ4n) is 6.48. The number of ether oxygens (including phenoxy) is 1. The molecular formula is C23H32N2O3. The van der Waals surface area contributed by atoms with Crippen LogP contribution in [0, 0.1) is 11.8 Å². The summed E-state index contributed by atoms with van der Waals surface area (Å²) in [6.07, 6.45) is 5.42. The first-order chi connectivity index (χ1) is 13.7. The van der Waals surface area contributed by atoms with Crippen molar-refractivity contribution in [3.8, 4) is 5.75 Å². The largest absolute Gasteiger partial charge is 0.496 e. The number of hydrogen-bond acceptors (Lipinski definition) is 4. The Morgan fingerprint density at radius 3 is 2.46 bits per heavy atom. The molecule has 1 amide bonds. The van der Waals surface area contributed by atoms with E-state index < -0.39 is 0 Å². The minimum Gasteiger partial charge on any atom is -0.496 e. The highest BCUT2D eigenvalue weighted by atomic mass is 16.5. The Hall–Kier alpha value is -1.59. The van der Waals surface area contributed by atoms with Gasteiger partial charge >= 0.3 is 0 Å².